The first-order valence-electron chi connectivity index (χ1n) is 6.86. The normalized spacial score (nSPS) is 13.8. The van der Waals surface area contributed by atoms with Crippen LogP contribution in [0.25, 0.3) is 0 Å². The van der Waals surface area contributed by atoms with Gasteiger partial charge < -0.3 is 9.80 Å². The van der Waals surface area contributed by atoms with E-state index in [2.05, 4.69) is 0 Å². The Bertz CT molecular complexity index is 697. The largest absolute Gasteiger partial charge is 0.309 e. The van der Waals surface area contributed by atoms with E-state index in [4.69, 9.17) is 0 Å². The van der Waals surface area contributed by atoms with E-state index >= 15 is 0 Å². The lowest BCUT2D eigenvalue weighted by molar-refractivity contribution is -0.116. The van der Waals surface area contributed by atoms with Crippen LogP contribution in [0.2, 0.25) is 0 Å². The summed E-state index contributed by atoms with van der Waals surface area (Å²) >= 11 is 0. The summed E-state index contributed by atoms with van der Waals surface area (Å²) in [5.41, 5.74) is 3.66. The van der Waals surface area contributed by atoms with Crippen LogP contribution in [0, 0.1) is 0 Å². The number of benzene rings is 2. The maximum Gasteiger partial charge on any atom is 0.224 e. The minimum atomic E-state index is -0.0370. The molecule has 0 bridgehead atoms. The number of carbonyl (C=O) groups excluding carboxylic acids is 2. The van der Waals surface area contributed by atoms with Gasteiger partial charge in [-0.3, -0.25) is 9.59 Å². The van der Waals surface area contributed by atoms with E-state index in [0.29, 0.717) is 13.1 Å². The molecule has 3 rings (SSSR count). The molecule has 0 N–H and O–H groups in total. The smallest absolute Gasteiger partial charge is 0.224 e. The van der Waals surface area contributed by atoms with Gasteiger partial charge in [-0.2, -0.15) is 0 Å². The van der Waals surface area contributed by atoms with Gasteiger partial charge in [-0.1, -0.05) is 36.4 Å². The molecule has 0 aliphatic carbocycles. The highest BCUT2D eigenvalue weighted by Crippen LogP contribution is 2.33. The minimum Gasteiger partial charge on any atom is -0.309 e. The lowest BCUT2D eigenvalue weighted by Gasteiger charge is -2.31. The Labute approximate surface area is 123 Å². The van der Waals surface area contributed by atoms with Gasteiger partial charge in [-0.15, -0.1) is 0 Å². The standard InChI is InChI=1S/C17H16N2O2/c1-13(21)19-11-15-7-3-2-6-14(15)10-18(12-20)16-8-4-5-9-17(16)19/h2-9,12H,10-11H2,1H3. The van der Waals surface area contributed by atoms with Crippen LogP contribution in [-0.4, -0.2) is 12.3 Å². The Morgan fingerprint density at radius 1 is 0.952 bits per heavy atom. The molecule has 0 fully saturated rings. The molecular formula is C17H16N2O2. The highest BCUT2D eigenvalue weighted by atomic mass is 16.2. The summed E-state index contributed by atoms with van der Waals surface area (Å²) < 4.78 is 0. The molecule has 106 valence electrons. The Hall–Kier alpha value is -2.62. The molecule has 1 heterocycles. The van der Waals surface area contributed by atoms with Crippen LogP contribution in [0.1, 0.15) is 18.1 Å². The van der Waals surface area contributed by atoms with Crippen LogP contribution < -0.4 is 9.80 Å². The number of nitrogens with zero attached hydrogens (tertiary/aromatic N) is 2. The van der Waals surface area contributed by atoms with E-state index in [-0.39, 0.29) is 5.91 Å². The van der Waals surface area contributed by atoms with E-state index < -0.39 is 0 Å². The fraction of sp³-hybridized carbons (Fsp3) is 0.176. The molecule has 1 aliphatic rings. The molecule has 0 saturated heterocycles. The van der Waals surface area contributed by atoms with Crippen molar-refractivity contribution in [3.63, 3.8) is 0 Å². The second-order valence-electron chi connectivity index (χ2n) is 5.10. The summed E-state index contributed by atoms with van der Waals surface area (Å²) in [5.74, 6) is -0.0370. The predicted molar refractivity (Wildman–Crippen MR) is 82.0 cm³/mol. The fourth-order valence-corrected chi connectivity index (χ4v) is 2.70. The number of hydrogen-bond acceptors (Lipinski definition) is 2. The summed E-state index contributed by atoms with van der Waals surface area (Å²) in [7, 11) is 0. The maximum absolute atomic E-state index is 12.1. The number of hydrogen-bond donors (Lipinski definition) is 0. The van der Waals surface area contributed by atoms with Crippen LogP contribution in [0.3, 0.4) is 0 Å². The van der Waals surface area contributed by atoms with Crippen molar-refractivity contribution in [2.75, 3.05) is 9.80 Å². The first-order chi connectivity index (χ1) is 10.2. The zero-order chi connectivity index (χ0) is 14.8. The molecule has 0 radical (unpaired) electrons. The topological polar surface area (TPSA) is 40.6 Å². The summed E-state index contributed by atoms with van der Waals surface area (Å²) in [5, 5.41) is 0. The Kier molecular flexibility index (Phi) is 3.44. The zero-order valence-electron chi connectivity index (χ0n) is 11.8. The van der Waals surface area contributed by atoms with Gasteiger partial charge >= 0.3 is 0 Å². The zero-order valence-corrected chi connectivity index (χ0v) is 11.8. The van der Waals surface area contributed by atoms with Gasteiger partial charge in [0.05, 0.1) is 24.5 Å². The Morgan fingerprint density at radius 3 is 2.14 bits per heavy atom. The molecule has 0 saturated carbocycles. The van der Waals surface area contributed by atoms with Gasteiger partial charge in [0.15, 0.2) is 0 Å². The predicted octanol–water partition coefficient (Wildman–Crippen LogP) is 2.72. The number of rotatable bonds is 1. The van der Waals surface area contributed by atoms with Gasteiger partial charge in [0.25, 0.3) is 0 Å². The monoisotopic (exact) mass is 280 g/mol. The van der Waals surface area contributed by atoms with Crippen molar-refractivity contribution in [3.05, 3.63) is 59.7 Å². The van der Waals surface area contributed by atoms with Crippen molar-refractivity contribution in [2.45, 2.75) is 20.0 Å². The highest BCUT2D eigenvalue weighted by Gasteiger charge is 2.23. The molecule has 0 spiro atoms. The second-order valence-corrected chi connectivity index (χ2v) is 5.10. The third-order valence-electron chi connectivity index (χ3n) is 3.78. The quantitative estimate of drug-likeness (QED) is 0.754. The van der Waals surface area contributed by atoms with E-state index in [1.165, 1.54) is 0 Å². The molecule has 1 aliphatic heterocycles. The van der Waals surface area contributed by atoms with Crippen LogP contribution in [0.5, 0.6) is 0 Å². The Balaban J connectivity index is 2.19. The maximum atomic E-state index is 12.1. The van der Waals surface area contributed by atoms with Crippen molar-refractivity contribution in [2.24, 2.45) is 0 Å². The number of anilines is 2. The molecule has 0 unspecified atom stereocenters. The lowest BCUT2D eigenvalue weighted by atomic mass is 10.0. The number of amides is 2. The molecule has 0 aromatic heterocycles. The van der Waals surface area contributed by atoms with Crippen molar-refractivity contribution in [3.8, 4) is 0 Å². The molecule has 4 nitrogen and oxygen atoms in total. The van der Waals surface area contributed by atoms with Gasteiger partial charge in [0.2, 0.25) is 12.3 Å². The molecule has 2 aromatic carbocycles. The van der Waals surface area contributed by atoms with Gasteiger partial charge in [0, 0.05) is 6.92 Å². The SMILES string of the molecule is CC(=O)N1Cc2ccccc2CN(C=O)c2ccccc21. The molecule has 4 heteroatoms. The third kappa shape index (κ3) is 2.40. The molecule has 2 amide bonds. The highest BCUT2D eigenvalue weighted by molar-refractivity contribution is 5.97. The van der Waals surface area contributed by atoms with Crippen molar-refractivity contribution >= 4 is 23.7 Å². The first kappa shape index (κ1) is 13.4. The van der Waals surface area contributed by atoms with Gasteiger partial charge in [0.1, 0.15) is 0 Å². The van der Waals surface area contributed by atoms with Crippen LogP contribution in [0.4, 0.5) is 11.4 Å². The van der Waals surface area contributed by atoms with Crippen molar-refractivity contribution in [1.29, 1.82) is 0 Å². The molecule has 0 atom stereocenters. The summed E-state index contributed by atoms with van der Waals surface area (Å²) in [4.78, 5) is 26.9. The van der Waals surface area contributed by atoms with Crippen molar-refractivity contribution < 1.29 is 9.59 Å². The summed E-state index contributed by atoms with van der Waals surface area (Å²) in [6.07, 6.45) is 0.819. The van der Waals surface area contributed by atoms with E-state index in [1.54, 1.807) is 16.7 Å². The fourth-order valence-electron chi connectivity index (χ4n) is 2.70. The van der Waals surface area contributed by atoms with Crippen LogP contribution in [0.15, 0.2) is 48.5 Å². The second kappa shape index (κ2) is 5.40. The number of fused-ring (bicyclic) bond motifs is 2. The molecule has 2 aromatic rings. The lowest BCUT2D eigenvalue weighted by Crippen LogP contribution is -2.33. The molecular weight excluding hydrogens is 264 g/mol. The summed E-state index contributed by atoms with van der Waals surface area (Å²) in [6.45, 7) is 2.59. The first-order valence-corrected chi connectivity index (χ1v) is 6.86. The minimum absolute atomic E-state index is 0.0370. The number of carbonyl (C=O) groups is 2. The van der Waals surface area contributed by atoms with E-state index in [9.17, 15) is 9.59 Å². The average molecular weight is 280 g/mol. The van der Waals surface area contributed by atoms with E-state index in [1.807, 2.05) is 48.5 Å². The van der Waals surface area contributed by atoms with E-state index in [0.717, 1.165) is 28.9 Å². The summed E-state index contributed by atoms with van der Waals surface area (Å²) in [6, 6.07) is 15.4. The van der Waals surface area contributed by atoms with Crippen molar-refractivity contribution in [1.82, 2.24) is 0 Å². The van der Waals surface area contributed by atoms with Gasteiger partial charge in [-0.25, -0.2) is 0 Å². The molecule has 21 heavy (non-hydrogen) atoms. The van der Waals surface area contributed by atoms with Crippen LogP contribution in [-0.2, 0) is 22.7 Å². The third-order valence-corrected chi connectivity index (χ3v) is 3.78. The van der Waals surface area contributed by atoms with Crippen LogP contribution >= 0.6 is 0 Å². The Morgan fingerprint density at radius 2 is 1.52 bits per heavy atom. The van der Waals surface area contributed by atoms with Gasteiger partial charge in [-0.05, 0) is 23.3 Å². The number of para-hydroxylation sites is 2. The average Bonchev–Trinajstić information content (AvgIpc) is 2.49.